The molecule has 1 amide bonds. The van der Waals surface area contributed by atoms with Crippen LogP contribution < -0.4 is 4.18 Å². The van der Waals surface area contributed by atoms with Gasteiger partial charge in [-0.15, -0.1) is 0 Å². The zero-order chi connectivity index (χ0) is 20.7. The van der Waals surface area contributed by atoms with Crippen LogP contribution in [0.2, 0.25) is 0 Å². The van der Waals surface area contributed by atoms with Gasteiger partial charge in [-0.05, 0) is 41.5 Å². The van der Waals surface area contributed by atoms with Crippen molar-refractivity contribution in [3.63, 3.8) is 0 Å². The molecule has 3 aromatic rings. The smallest absolute Gasteiger partial charge is 0.306 e. The molecule has 7 heteroatoms. The van der Waals surface area contributed by atoms with Crippen LogP contribution in [0.25, 0.3) is 6.08 Å². The summed E-state index contributed by atoms with van der Waals surface area (Å²) < 4.78 is 32.7. The van der Waals surface area contributed by atoms with E-state index in [1.807, 2.05) is 36.4 Å². The fourth-order valence-electron chi connectivity index (χ4n) is 2.69. The Kier molecular flexibility index (Phi) is 6.51. The van der Waals surface area contributed by atoms with Crippen LogP contribution in [0.5, 0.6) is 5.75 Å². The normalized spacial score (nSPS) is 11.5. The van der Waals surface area contributed by atoms with Gasteiger partial charge >= 0.3 is 10.1 Å². The number of benzene rings is 2. The summed E-state index contributed by atoms with van der Waals surface area (Å²) >= 11 is 0. The van der Waals surface area contributed by atoms with E-state index in [0.29, 0.717) is 18.8 Å². The predicted octanol–water partition coefficient (Wildman–Crippen LogP) is 3.86. The summed E-state index contributed by atoms with van der Waals surface area (Å²) in [5, 5.41) is 0. The minimum absolute atomic E-state index is 0.165. The molecular weight excluding hydrogens is 390 g/mol. The lowest BCUT2D eigenvalue weighted by Gasteiger charge is -2.20. The molecule has 1 aromatic heterocycles. The fraction of sp³-hybridized carbons (Fsp3) is 0.136. The van der Waals surface area contributed by atoms with Crippen molar-refractivity contribution in [2.45, 2.75) is 13.1 Å². The van der Waals surface area contributed by atoms with E-state index in [4.69, 9.17) is 8.60 Å². The summed E-state index contributed by atoms with van der Waals surface area (Å²) in [7, 11) is -3.58. The second-order valence-electron chi connectivity index (χ2n) is 6.45. The molecular formula is C22H21NO5S. The summed E-state index contributed by atoms with van der Waals surface area (Å²) in [5.41, 5.74) is 1.76. The number of furan rings is 1. The Hall–Kier alpha value is -3.32. The van der Waals surface area contributed by atoms with Gasteiger partial charge in [-0.2, -0.15) is 8.42 Å². The molecule has 0 aliphatic heterocycles. The van der Waals surface area contributed by atoms with Crippen molar-refractivity contribution >= 4 is 22.1 Å². The van der Waals surface area contributed by atoms with E-state index in [9.17, 15) is 13.2 Å². The summed E-state index contributed by atoms with van der Waals surface area (Å²) in [4.78, 5) is 14.4. The molecule has 150 valence electrons. The number of amides is 1. The molecule has 0 radical (unpaired) electrons. The quantitative estimate of drug-likeness (QED) is 0.416. The highest BCUT2D eigenvalue weighted by atomic mass is 32.2. The Morgan fingerprint density at radius 3 is 2.34 bits per heavy atom. The molecule has 29 heavy (non-hydrogen) atoms. The molecule has 0 atom stereocenters. The van der Waals surface area contributed by atoms with Gasteiger partial charge in [0.2, 0.25) is 5.91 Å². The molecule has 0 aliphatic carbocycles. The highest BCUT2D eigenvalue weighted by Gasteiger charge is 2.14. The van der Waals surface area contributed by atoms with Crippen molar-refractivity contribution in [3.05, 3.63) is 96.0 Å². The van der Waals surface area contributed by atoms with Crippen LogP contribution in [-0.4, -0.2) is 25.5 Å². The summed E-state index contributed by atoms with van der Waals surface area (Å²) in [6, 6.07) is 19.7. The van der Waals surface area contributed by atoms with Crippen molar-refractivity contribution in [2.24, 2.45) is 0 Å². The maximum absolute atomic E-state index is 12.8. The number of nitrogens with zero attached hydrogens (tertiary/aromatic N) is 1. The largest absolute Gasteiger partial charge is 0.467 e. The van der Waals surface area contributed by atoms with E-state index < -0.39 is 10.1 Å². The van der Waals surface area contributed by atoms with E-state index in [1.54, 1.807) is 47.6 Å². The average molecular weight is 411 g/mol. The molecule has 0 unspecified atom stereocenters. The van der Waals surface area contributed by atoms with Crippen LogP contribution in [0.4, 0.5) is 0 Å². The molecule has 0 fully saturated rings. The molecule has 0 saturated carbocycles. The van der Waals surface area contributed by atoms with Crippen LogP contribution in [0.3, 0.4) is 0 Å². The highest BCUT2D eigenvalue weighted by molar-refractivity contribution is 7.86. The maximum Gasteiger partial charge on any atom is 0.306 e. The van der Waals surface area contributed by atoms with Gasteiger partial charge in [0.1, 0.15) is 11.5 Å². The van der Waals surface area contributed by atoms with Gasteiger partial charge < -0.3 is 13.5 Å². The summed E-state index contributed by atoms with van der Waals surface area (Å²) in [6.07, 6.45) is 5.85. The molecule has 0 bridgehead atoms. The number of rotatable bonds is 8. The minimum Gasteiger partial charge on any atom is -0.467 e. The molecule has 1 heterocycles. The van der Waals surface area contributed by atoms with Crippen molar-refractivity contribution < 1.29 is 21.8 Å². The second kappa shape index (κ2) is 9.25. The molecule has 0 saturated heterocycles. The average Bonchev–Trinajstić information content (AvgIpc) is 3.20. The summed E-state index contributed by atoms with van der Waals surface area (Å²) in [6.45, 7) is 0.643. The molecule has 0 N–H and O–H groups in total. The first-order chi connectivity index (χ1) is 13.9. The first kappa shape index (κ1) is 20.4. The standard InChI is InChI=1S/C22H21NO5S/c1-29(25,26)28-20-12-9-19(10-13-20)16-23(17-21-8-5-15-27-21)22(24)14-11-18-6-3-2-4-7-18/h2-15H,16-17H2,1H3. The van der Waals surface area contributed by atoms with E-state index in [0.717, 1.165) is 17.4 Å². The Balaban J connectivity index is 1.74. The number of carbonyl (C=O) groups excluding carboxylic acids is 1. The molecule has 6 nitrogen and oxygen atoms in total. The molecule has 0 aliphatic rings. The highest BCUT2D eigenvalue weighted by Crippen LogP contribution is 2.17. The topological polar surface area (TPSA) is 76.8 Å². The van der Waals surface area contributed by atoms with Gasteiger partial charge in [-0.25, -0.2) is 0 Å². The van der Waals surface area contributed by atoms with E-state index in [1.165, 1.54) is 6.08 Å². The predicted molar refractivity (Wildman–Crippen MR) is 110 cm³/mol. The zero-order valence-electron chi connectivity index (χ0n) is 15.9. The Bertz CT molecular complexity index is 1060. The lowest BCUT2D eigenvalue weighted by Crippen LogP contribution is -2.28. The molecule has 3 rings (SSSR count). The third-order valence-electron chi connectivity index (χ3n) is 4.00. The first-order valence-electron chi connectivity index (χ1n) is 8.92. The third-order valence-corrected chi connectivity index (χ3v) is 4.50. The summed E-state index contributed by atoms with van der Waals surface area (Å²) in [5.74, 6) is 0.731. The monoisotopic (exact) mass is 411 g/mol. The van der Waals surface area contributed by atoms with Gasteiger partial charge in [0, 0.05) is 12.6 Å². The van der Waals surface area contributed by atoms with E-state index in [-0.39, 0.29) is 11.7 Å². The van der Waals surface area contributed by atoms with Gasteiger partial charge in [-0.3, -0.25) is 4.79 Å². The number of hydrogen-bond donors (Lipinski definition) is 0. The van der Waals surface area contributed by atoms with Crippen molar-refractivity contribution in [1.29, 1.82) is 0 Å². The number of hydrogen-bond acceptors (Lipinski definition) is 5. The Morgan fingerprint density at radius 1 is 1.00 bits per heavy atom. The third kappa shape index (κ3) is 6.65. The van der Waals surface area contributed by atoms with Crippen molar-refractivity contribution in [3.8, 4) is 5.75 Å². The van der Waals surface area contributed by atoms with Gasteiger partial charge in [0.15, 0.2) is 0 Å². The van der Waals surface area contributed by atoms with Crippen molar-refractivity contribution in [2.75, 3.05) is 6.26 Å². The van der Waals surface area contributed by atoms with E-state index in [2.05, 4.69) is 0 Å². The lowest BCUT2D eigenvalue weighted by atomic mass is 10.2. The molecule has 2 aromatic carbocycles. The van der Waals surface area contributed by atoms with Gasteiger partial charge in [0.05, 0.1) is 19.1 Å². The fourth-order valence-corrected chi connectivity index (χ4v) is 3.15. The minimum atomic E-state index is -3.58. The Morgan fingerprint density at radius 2 is 1.72 bits per heavy atom. The lowest BCUT2D eigenvalue weighted by molar-refractivity contribution is -0.127. The van der Waals surface area contributed by atoms with Crippen LogP contribution in [-0.2, 0) is 28.0 Å². The van der Waals surface area contributed by atoms with Gasteiger partial charge in [0.25, 0.3) is 0 Å². The maximum atomic E-state index is 12.8. The van der Waals surface area contributed by atoms with Crippen LogP contribution in [0.1, 0.15) is 16.9 Å². The van der Waals surface area contributed by atoms with Crippen molar-refractivity contribution in [1.82, 2.24) is 4.90 Å². The van der Waals surface area contributed by atoms with Crippen LogP contribution >= 0.6 is 0 Å². The molecule has 0 spiro atoms. The number of carbonyl (C=O) groups is 1. The SMILES string of the molecule is CS(=O)(=O)Oc1ccc(CN(Cc2ccco2)C(=O)C=Cc2ccccc2)cc1. The van der Waals surface area contributed by atoms with E-state index >= 15 is 0 Å². The van der Waals surface area contributed by atoms with Gasteiger partial charge in [-0.1, -0.05) is 42.5 Å². The first-order valence-corrected chi connectivity index (χ1v) is 10.7. The Labute approximate surface area is 170 Å². The second-order valence-corrected chi connectivity index (χ2v) is 8.02. The zero-order valence-corrected chi connectivity index (χ0v) is 16.7. The van der Waals surface area contributed by atoms with Crippen LogP contribution in [0.15, 0.2) is 83.5 Å². The van der Waals surface area contributed by atoms with Crippen LogP contribution in [0, 0.1) is 0 Å².